The summed E-state index contributed by atoms with van der Waals surface area (Å²) < 4.78 is 18.9. The molecule has 0 N–H and O–H groups in total. The van der Waals surface area contributed by atoms with Crippen LogP contribution in [0.25, 0.3) is 11.5 Å². The molecule has 10 heteroatoms. The van der Waals surface area contributed by atoms with Gasteiger partial charge in [-0.1, -0.05) is 28.3 Å². The number of nitrogens with zero attached hydrogens (tertiary/aromatic N) is 5. The van der Waals surface area contributed by atoms with Gasteiger partial charge in [0.05, 0.1) is 5.75 Å². The Balaban J connectivity index is 1.40. The Hall–Kier alpha value is -2.33. The van der Waals surface area contributed by atoms with Crippen LogP contribution < -0.4 is 4.90 Å². The fourth-order valence-electron chi connectivity index (χ4n) is 2.39. The molecule has 1 fully saturated rings. The lowest BCUT2D eigenvalue weighted by atomic mass is 10.2. The summed E-state index contributed by atoms with van der Waals surface area (Å²) in [7, 11) is 0. The number of hydrogen-bond donors (Lipinski definition) is 0. The first-order valence-electron chi connectivity index (χ1n) is 7.95. The molecule has 2 heterocycles. The van der Waals surface area contributed by atoms with Crippen molar-refractivity contribution in [3.8, 4) is 11.5 Å². The summed E-state index contributed by atoms with van der Waals surface area (Å²) in [5.74, 6) is 0.985. The topological polar surface area (TPSA) is 85.0 Å². The SMILES string of the molecule is CC(=O)N(c1nnc(SCc2noc(-c3ccc(F)cc3)n2)s1)C1CC1. The molecule has 1 amide bonds. The Morgan fingerprint density at radius 3 is 2.81 bits per heavy atom. The Kier molecular flexibility index (Phi) is 4.68. The van der Waals surface area contributed by atoms with Crippen LogP contribution in [0.15, 0.2) is 33.1 Å². The highest BCUT2D eigenvalue weighted by Crippen LogP contribution is 2.36. The lowest BCUT2D eigenvalue weighted by molar-refractivity contribution is -0.116. The van der Waals surface area contributed by atoms with E-state index in [1.54, 1.807) is 24.0 Å². The number of thioether (sulfide) groups is 1. The molecule has 0 bridgehead atoms. The normalized spacial score (nSPS) is 13.8. The predicted molar refractivity (Wildman–Crippen MR) is 95.3 cm³/mol. The Labute approximate surface area is 156 Å². The molecule has 0 atom stereocenters. The fraction of sp³-hybridized carbons (Fsp3) is 0.312. The first kappa shape index (κ1) is 17.1. The molecule has 0 unspecified atom stereocenters. The summed E-state index contributed by atoms with van der Waals surface area (Å²) in [5.41, 5.74) is 0.662. The predicted octanol–water partition coefficient (Wildman–Crippen LogP) is 3.53. The van der Waals surface area contributed by atoms with Gasteiger partial charge in [0, 0.05) is 18.5 Å². The van der Waals surface area contributed by atoms with E-state index in [2.05, 4.69) is 20.3 Å². The average molecular weight is 391 g/mol. The molecule has 2 aromatic heterocycles. The average Bonchev–Trinajstić information content (AvgIpc) is 3.15. The summed E-state index contributed by atoms with van der Waals surface area (Å²) in [6.07, 6.45) is 2.02. The maximum atomic E-state index is 13.0. The highest BCUT2D eigenvalue weighted by Gasteiger charge is 2.34. The summed E-state index contributed by atoms with van der Waals surface area (Å²) in [4.78, 5) is 17.8. The largest absolute Gasteiger partial charge is 0.334 e. The number of amides is 1. The van der Waals surface area contributed by atoms with Gasteiger partial charge in [0.25, 0.3) is 5.89 Å². The number of halogens is 1. The second-order valence-corrected chi connectivity index (χ2v) is 7.96. The second-order valence-electron chi connectivity index (χ2n) is 5.78. The number of hydrogen-bond acceptors (Lipinski definition) is 8. The molecule has 1 aromatic carbocycles. The third-order valence-electron chi connectivity index (χ3n) is 3.74. The van der Waals surface area contributed by atoms with Crippen molar-refractivity contribution in [3.05, 3.63) is 35.9 Å². The van der Waals surface area contributed by atoms with E-state index in [1.807, 2.05) is 0 Å². The van der Waals surface area contributed by atoms with Crippen molar-refractivity contribution in [3.63, 3.8) is 0 Å². The third kappa shape index (κ3) is 3.75. The zero-order valence-electron chi connectivity index (χ0n) is 13.8. The van der Waals surface area contributed by atoms with Crippen LogP contribution in [0.3, 0.4) is 0 Å². The van der Waals surface area contributed by atoms with E-state index < -0.39 is 0 Å². The molecule has 1 aliphatic rings. The molecule has 3 aromatic rings. The van der Waals surface area contributed by atoms with Crippen molar-refractivity contribution in [1.82, 2.24) is 20.3 Å². The van der Waals surface area contributed by atoms with Crippen molar-refractivity contribution in [2.75, 3.05) is 4.90 Å². The summed E-state index contributed by atoms with van der Waals surface area (Å²) >= 11 is 2.81. The van der Waals surface area contributed by atoms with Crippen LogP contribution in [0.2, 0.25) is 0 Å². The molecule has 0 radical (unpaired) electrons. The van der Waals surface area contributed by atoms with Crippen LogP contribution >= 0.6 is 23.1 Å². The standard InChI is InChI=1S/C16H14FN5O2S2/c1-9(23)22(12-6-7-12)15-19-20-16(26-15)25-8-13-18-14(24-21-13)10-2-4-11(17)5-3-10/h2-5,12H,6-8H2,1H3. The molecule has 26 heavy (non-hydrogen) atoms. The second kappa shape index (κ2) is 7.12. The van der Waals surface area contributed by atoms with Gasteiger partial charge in [0.2, 0.25) is 11.0 Å². The van der Waals surface area contributed by atoms with Gasteiger partial charge in [-0.15, -0.1) is 10.2 Å². The maximum Gasteiger partial charge on any atom is 0.257 e. The third-order valence-corrected chi connectivity index (χ3v) is 5.79. The van der Waals surface area contributed by atoms with Crippen molar-refractivity contribution >= 4 is 34.1 Å². The number of rotatable bonds is 6. The van der Waals surface area contributed by atoms with E-state index in [0.717, 1.165) is 17.2 Å². The quantitative estimate of drug-likeness (QED) is 0.469. The number of carbonyl (C=O) groups is 1. The van der Waals surface area contributed by atoms with E-state index in [-0.39, 0.29) is 17.8 Å². The monoisotopic (exact) mass is 391 g/mol. The van der Waals surface area contributed by atoms with Crippen molar-refractivity contribution in [1.29, 1.82) is 0 Å². The van der Waals surface area contributed by atoms with Gasteiger partial charge >= 0.3 is 0 Å². The van der Waals surface area contributed by atoms with Crippen LogP contribution in [0, 0.1) is 5.82 Å². The minimum atomic E-state index is -0.318. The van der Waals surface area contributed by atoms with Gasteiger partial charge < -0.3 is 4.52 Å². The van der Waals surface area contributed by atoms with Crippen LogP contribution in [0.1, 0.15) is 25.6 Å². The lowest BCUT2D eigenvalue weighted by Crippen LogP contribution is -2.30. The van der Waals surface area contributed by atoms with Crippen molar-refractivity contribution in [2.24, 2.45) is 0 Å². The van der Waals surface area contributed by atoms with E-state index in [0.29, 0.717) is 28.2 Å². The van der Waals surface area contributed by atoms with Crippen molar-refractivity contribution in [2.45, 2.75) is 35.9 Å². The Bertz CT molecular complexity index is 923. The van der Waals surface area contributed by atoms with E-state index >= 15 is 0 Å². The highest BCUT2D eigenvalue weighted by atomic mass is 32.2. The smallest absolute Gasteiger partial charge is 0.257 e. The van der Waals surface area contributed by atoms with Gasteiger partial charge in [-0.25, -0.2) is 4.39 Å². The number of benzene rings is 1. The fourth-order valence-corrected chi connectivity index (χ4v) is 4.19. The molecule has 7 nitrogen and oxygen atoms in total. The lowest BCUT2D eigenvalue weighted by Gasteiger charge is -2.15. The Morgan fingerprint density at radius 1 is 1.35 bits per heavy atom. The molecule has 134 valence electrons. The van der Waals surface area contributed by atoms with E-state index in [4.69, 9.17) is 4.52 Å². The van der Waals surface area contributed by atoms with Crippen LogP contribution in [-0.2, 0) is 10.5 Å². The number of carbonyl (C=O) groups excluding carboxylic acids is 1. The first-order chi connectivity index (χ1) is 12.6. The molecule has 0 saturated heterocycles. The minimum absolute atomic E-state index is 0.0118. The summed E-state index contributed by atoms with van der Waals surface area (Å²) in [6, 6.07) is 6.12. The van der Waals surface area contributed by atoms with E-state index in [1.165, 1.54) is 35.2 Å². The van der Waals surface area contributed by atoms with Gasteiger partial charge in [0.15, 0.2) is 10.2 Å². The molecule has 0 aliphatic heterocycles. The van der Waals surface area contributed by atoms with Gasteiger partial charge in [-0.2, -0.15) is 4.98 Å². The molecule has 1 aliphatic carbocycles. The van der Waals surface area contributed by atoms with Crippen LogP contribution in [0.4, 0.5) is 9.52 Å². The van der Waals surface area contributed by atoms with Crippen LogP contribution in [-0.4, -0.2) is 32.3 Å². The summed E-state index contributed by atoms with van der Waals surface area (Å²) in [6.45, 7) is 1.54. The molecule has 1 saturated carbocycles. The zero-order chi connectivity index (χ0) is 18.1. The molecular weight excluding hydrogens is 377 g/mol. The molecule has 4 rings (SSSR count). The first-order valence-corrected chi connectivity index (χ1v) is 9.75. The molecule has 0 spiro atoms. The summed E-state index contributed by atoms with van der Waals surface area (Å²) in [5, 5.41) is 12.8. The minimum Gasteiger partial charge on any atom is -0.334 e. The Morgan fingerprint density at radius 2 is 2.12 bits per heavy atom. The zero-order valence-corrected chi connectivity index (χ0v) is 15.4. The van der Waals surface area contributed by atoms with Gasteiger partial charge in [-0.3, -0.25) is 9.69 Å². The van der Waals surface area contributed by atoms with Crippen molar-refractivity contribution < 1.29 is 13.7 Å². The maximum absolute atomic E-state index is 13.0. The van der Waals surface area contributed by atoms with Crippen LogP contribution in [0.5, 0.6) is 0 Å². The number of anilines is 1. The van der Waals surface area contributed by atoms with Gasteiger partial charge in [-0.05, 0) is 37.1 Å². The van der Waals surface area contributed by atoms with Gasteiger partial charge in [0.1, 0.15) is 5.82 Å². The number of aromatic nitrogens is 4. The molecular formula is C16H14FN5O2S2. The highest BCUT2D eigenvalue weighted by molar-refractivity contribution is 8.00. The van der Waals surface area contributed by atoms with E-state index in [9.17, 15) is 9.18 Å².